The van der Waals surface area contributed by atoms with Gasteiger partial charge >= 0.3 is 0 Å². The smallest absolute Gasteiger partial charge is 0.0346 e. The van der Waals surface area contributed by atoms with Crippen molar-refractivity contribution >= 4 is 27.3 Å². The summed E-state index contributed by atoms with van der Waals surface area (Å²) >= 11 is 5.34. The van der Waals surface area contributed by atoms with Crippen molar-refractivity contribution < 1.29 is 0 Å². The molecule has 3 heteroatoms. The summed E-state index contributed by atoms with van der Waals surface area (Å²) in [5.74, 6) is 0. The summed E-state index contributed by atoms with van der Waals surface area (Å²) < 4.78 is 1.14. The number of thiophene rings is 1. The maximum Gasteiger partial charge on any atom is 0.0346 e. The van der Waals surface area contributed by atoms with E-state index in [-0.39, 0.29) is 0 Å². The Hall–Kier alpha value is -0.640. The highest BCUT2D eigenvalue weighted by molar-refractivity contribution is 9.10. The van der Waals surface area contributed by atoms with Gasteiger partial charge in [0.05, 0.1) is 0 Å². The summed E-state index contributed by atoms with van der Waals surface area (Å²) in [5, 5.41) is 5.80. The van der Waals surface area contributed by atoms with Crippen LogP contribution in [0, 0.1) is 0 Å². The highest BCUT2D eigenvalue weighted by atomic mass is 79.9. The zero-order valence-corrected chi connectivity index (χ0v) is 11.9. The first kappa shape index (κ1) is 11.5. The lowest BCUT2D eigenvalue weighted by atomic mass is 10.2. The first-order valence-corrected chi connectivity index (χ1v) is 7.55. The van der Waals surface area contributed by atoms with E-state index in [1.54, 1.807) is 0 Å². The summed E-state index contributed by atoms with van der Waals surface area (Å²) in [6.45, 7) is 1.01. The van der Waals surface area contributed by atoms with Crippen LogP contribution in [0.1, 0.15) is 18.4 Å². The Bertz CT molecular complexity index is 516. The molecule has 2 aromatic rings. The van der Waals surface area contributed by atoms with Gasteiger partial charge in [-0.1, -0.05) is 28.1 Å². The molecule has 88 valence electrons. The van der Waals surface area contributed by atoms with E-state index in [0.29, 0.717) is 0 Å². The van der Waals surface area contributed by atoms with E-state index < -0.39 is 0 Å². The van der Waals surface area contributed by atoms with Gasteiger partial charge in [-0.2, -0.15) is 0 Å². The summed E-state index contributed by atoms with van der Waals surface area (Å²) in [6, 6.07) is 11.6. The fraction of sp³-hybridized carbons (Fsp3) is 0.286. The predicted molar refractivity (Wildman–Crippen MR) is 77.3 cm³/mol. The quantitative estimate of drug-likeness (QED) is 0.881. The molecule has 1 aliphatic carbocycles. The number of benzene rings is 1. The molecule has 0 aliphatic heterocycles. The molecule has 0 bridgehead atoms. The number of halogens is 1. The molecule has 1 fully saturated rings. The first-order valence-electron chi connectivity index (χ1n) is 5.88. The molecule has 0 atom stereocenters. The lowest BCUT2D eigenvalue weighted by molar-refractivity contribution is 0.689. The van der Waals surface area contributed by atoms with E-state index in [1.165, 1.54) is 28.8 Å². The van der Waals surface area contributed by atoms with Gasteiger partial charge in [0.15, 0.2) is 0 Å². The third-order valence-electron chi connectivity index (χ3n) is 2.94. The van der Waals surface area contributed by atoms with Crippen molar-refractivity contribution in [3.05, 3.63) is 45.7 Å². The molecule has 1 aromatic heterocycles. The highest BCUT2D eigenvalue weighted by Crippen LogP contribution is 2.29. The van der Waals surface area contributed by atoms with Crippen molar-refractivity contribution in [2.24, 2.45) is 0 Å². The second-order valence-corrected chi connectivity index (χ2v) is 6.31. The van der Waals surface area contributed by atoms with Crippen LogP contribution in [0.4, 0.5) is 0 Å². The Morgan fingerprint density at radius 2 is 2.18 bits per heavy atom. The molecule has 1 aromatic carbocycles. The number of rotatable bonds is 4. The van der Waals surface area contributed by atoms with Crippen LogP contribution in [0.5, 0.6) is 0 Å². The molecule has 1 saturated carbocycles. The van der Waals surface area contributed by atoms with Crippen molar-refractivity contribution in [3.63, 3.8) is 0 Å². The molecular formula is C14H14BrNS. The second-order valence-electron chi connectivity index (χ2n) is 4.48. The summed E-state index contributed by atoms with van der Waals surface area (Å²) in [6.07, 6.45) is 2.70. The Morgan fingerprint density at radius 1 is 1.29 bits per heavy atom. The Morgan fingerprint density at radius 3 is 2.94 bits per heavy atom. The van der Waals surface area contributed by atoms with Gasteiger partial charge in [0.1, 0.15) is 0 Å². The van der Waals surface area contributed by atoms with E-state index in [1.807, 2.05) is 11.3 Å². The van der Waals surface area contributed by atoms with E-state index in [4.69, 9.17) is 0 Å². The number of hydrogen-bond acceptors (Lipinski definition) is 2. The number of nitrogens with one attached hydrogen (secondary N) is 1. The summed E-state index contributed by atoms with van der Waals surface area (Å²) in [4.78, 5) is 1.35. The Kier molecular flexibility index (Phi) is 3.32. The maximum absolute atomic E-state index is 3.55. The van der Waals surface area contributed by atoms with E-state index >= 15 is 0 Å². The van der Waals surface area contributed by atoms with E-state index in [0.717, 1.165) is 17.1 Å². The van der Waals surface area contributed by atoms with Crippen LogP contribution in [0.2, 0.25) is 0 Å². The summed E-state index contributed by atoms with van der Waals surface area (Å²) in [5.41, 5.74) is 2.69. The summed E-state index contributed by atoms with van der Waals surface area (Å²) in [7, 11) is 0. The van der Waals surface area contributed by atoms with Crippen molar-refractivity contribution in [3.8, 4) is 10.4 Å². The molecule has 1 nitrogen and oxygen atoms in total. The molecule has 1 heterocycles. The third kappa shape index (κ3) is 2.97. The normalized spacial score (nSPS) is 15.1. The molecular weight excluding hydrogens is 294 g/mol. The molecule has 0 unspecified atom stereocenters. The lowest BCUT2D eigenvalue weighted by Crippen LogP contribution is -2.14. The molecule has 0 saturated heterocycles. The molecule has 3 rings (SSSR count). The minimum absolute atomic E-state index is 0.782. The van der Waals surface area contributed by atoms with Crippen LogP contribution in [0.3, 0.4) is 0 Å². The number of hydrogen-bond donors (Lipinski definition) is 1. The van der Waals surface area contributed by atoms with Gasteiger partial charge < -0.3 is 5.32 Å². The van der Waals surface area contributed by atoms with Crippen LogP contribution < -0.4 is 5.32 Å². The van der Waals surface area contributed by atoms with Gasteiger partial charge in [-0.3, -0.25) is 0 Å². The van der Waals surface area contributed by atoms with Gasteiger partial charge in [0.2, 0.25) is 0 Å². The molecule has 0 spiro atoms. The Balaban J connectivity index is 1.74. The SMILES string of the molecule is Brc1cccc(-c2cc(CNC3CC3)cs2)c1. The van der Waals surface area contributed by atoms with Crippen molar-refractivity contribution in [2.75, 3.05) is 0 Å². The van der Waals surface area contributed by atoms with Gasteiger partial charge in [-0.15, -0.1) is 11.3 Å². The fourth-order valence-corrected chi connectivity index (χ4v) is 3.12. The van der Waals surface area contributed by atoms with Crippen LogP contribution in [0.25, 0.3) is 10.4 Å². The van der Waals surface area contributed by atoms with Crippen molar-refractivity contribution in [2.45, 2.75) is 25.4 Å². The van der Waals surface area contributed by atoms with Gasteiger partial charge in [0.25, 0.3) is 0 Å². The largest absolute Gasteiger partial charge is 0.310 e. The second kappa shape index (κ2) is 4.92. The molecule has 1 aliphatic rings. The van der Waals surface area contributed by atoms with Crippen molar-refractivity contribution in [1.82, 2.24) is 5.32 Å². The fourth-order valence-electron chi connectivity index (χ4n) is 1.81. The average molecular weight is 308 g/mol. The van der Waals surface area contributed by atoms with Crippen LogP contribution in [0.15, 0.2) is 40.2 Å². The van der Waals surface area contributed by atoms with Crippen molar-refractivity contribution in [1.29, 1.82) is 0 Å². The molecule has 0 amide bonds. The standard InChI is InChI=1S/C14H14BrNS/c15-12-3-1-2-11(7-12)14-6-10(9-17-14)8-16-13-4-5-13/h1-3,6-7,9,13,16H,4-5,8H2. The van der Waals surface area contributed by atoms with E-state index in [2.05, 4.69) is 57.0 Å². The molecule has 17 heavy (non-hydrogen) atoms. The van der Waals surface area contributed by atoms with Gasteiger partial charge in [0, 0.05) is 21.9 Å². The van der Waals surface area contributed by atoms with Crippen LogP contribution >= 0.6 is 27.3 Å². The highest BCUT2D eigenvalue weighted by Gasteiger charge is 2.20. The Labute approximate surface area is 114 Å². The molecule has 1 N–H and O–H groups in total. The minimum atomic E-state index is 0.782. The topological polar surface area (TPSA) is 12.0 Å². The van der Waals surface area contributed by atoms with Gasteiger partial charge in [-0.25, -0.2) is 0 Å². The molecule has 0 radical (unpaired) electrons. The zero-order valence-electron chi connectivity index (χ0n) is 9.45. The van der Waals surface area contributed by atoms with Crippen LogP contribution in [-0.2, 0) is 6.54 Å². The minimum Gasteiger partial charge on any atom is -0.310 e. The van der Waals surface area contributed by atoms with Gasteiger partial charge in [-0.05, 0) is 47.5 Å². The monoisotopic (exact) mass is 307 g/mol. The first-order chi connectivity index (χ1) is 8.31. The van der Waals surface area contributed by atoms with Crippen LogP contribution in [-0.4, -0.2) is 6.04 Å². The zero-order chi connectivity index (χ0) is 11.7. The van der Waals surface area contributed by atoms with E-state index in [9.17, 15) is 0 Å². The average Bonchev–Trinajstić information content (AvgIpc) is 3.04. The maximum atomic E-state index is 3.55. The predicted octanol–water partition coefficient (Wildman–Crippen LogP) is 4.43. The lowest BCUT2D eigenvalue weighted by Gasteiger charge is -1.99. The third-order valence-corrected chi connectivity index (χ3v) is 4.46.